The molecule has 30 heavy (non-hydrogen) atoms. The SMILES string of the molecule is O=C(CCn1ncc(=O)c2ccccc21)NCc1ccc(S(=O)(=O)NC2CC2)cc1. The van der Waals surface area contributed by atoms with Gasteiger partial charge in [0.1, 0.15) is 0 Å². The number of aromatic nitrogens is 2. The second kappa shape index (κ2) is 8.37. The van der Waals surface area contributed by atoms with Crippen LogP contribution in [0.1, 0.15) is 24.8 Å². The molecule has 0 aliphatic heterocycles. The molecule has 1 fully saturated rings. The first-order valence-electron chi connectivity index (χ1n) is 9.75. The van der Waals surface area contributed by atoms with E-state index in [1.54, 1.807) is 47.1 Å². The lowest BCUT2D eigenvalue weighted by Gasteiger charge is -2.10. The highest BCUT2D eigenvalue weighted by molar-refractivity contribution is 7.89. The predicted octanol–water partition coefficient (Wildman–Crippen LogP) is 1.54. The van der Waals surface area contributed by atoms with Crippen LogP contribution in [0.25, 0.3) is 10.9 Å². The normalized spacial score (nSPS) is 14.0. The van der Waals surface area contributed by atoms with E-state index in [4.69, 9.17) is 0 Å². The van der Waals surface area contributed by atoms with Crippen LogP contribution in [-0.2, 0) is 27.9 Å². The number of nitrogens with zero attached hydrogens (tertiary/aromatic N) is 2. The summed E-state index contributed by atoms with van der Waals surface area (Å²) < 4.78 is 28.7. The highest BCUT2D eigenvalue weighted by Gasteiger charge is 2.27. The second-order valence-corrected chi connectivity index (χ2v) is 9.03. The minimum atomic E-state index is -3.47. The first-order valence-corrected chi connectivity index (χ1v) is 11.2. The Labute approximate surface area is 174 Å². The smallest absolute Gasteiger partial charge is 0.240 e. The number of fused-ring (bicyclic) bond motifs is 1. The maximum Gasteiger partial charge on any atom is 0.240 e. The zero-order valence-electron chi connectivity index (χ0n) is 16.2. The molecule has 0 unspecified atom stereocenters. The standard InChI is InChI=1S/C21H22N4O4S/c26-20-14-23-25(19-4-2-1-3-18(19)20)12-11-21(27)22-13-15-5-9-17(10-6-15)30(28,29)24-16-7-8-16/h1-6,9-10,14,16,24H,7-8,11-13H2,(H,22,27). The number of nitrogens with one attached hydrogen (secondary N) is 2. The Hall–Kier alpha value is -3.04. The third-order valence-electron chi connectivity index (χ3n) is 4.94. The summed E-state index contributed by atoms with van der Waals surface area (Å²) in [7, 11) is -3.47. The summed E-state index contributed by atoms with van der Waals surface area (Å²) in [5, 5.41) is 7.51. The first-order chi connectivity index (χ1) is 14.4. The monoisotopic (exact) mass is 426 g/mol. The molecule has 8 nitrogen and oxygen atoms in total. The number of sulfonamides is 1. The summed E-state index contributed by atoms with van der Waals surface area (Å²) in [6, 6.07) is 13.7. The van der Waals surface area contributed by atoms with Crippen molar-refractivity contribution in [2.45, 2.75) is 43.3 Å². The molecule has 0 spiro atoms. The van der Waals surface area contributed by atoms with E-state index in [2.05, 4.69) is 15.1 Å². The van der Waals surface area contributed by atoms with Gasteiger partial charge < -0.3 is 5.32 Å². The van der Waals surface area contributed by atoms with E-state index < -0.39 is 10.0 Å². The van der Waals surface area contributed by atoms with Crippen molar-refractivity contribution in [2.75, 3.05) is 0 Å². The quantitative estimate of drug-likeness (QED) is 0.568. The van der Waals surface area contributed by atoms with Gasteiger partial charge in [-0.05, 0) is 42.7 Å². The molecule has 1 aliphatic rings. The average molecular weight is 426 g/mol. The van der Waals surface area contributed by atoms with Crippen LogP contribution in [0.15, 0.2) is 64.4 Å². The van der Waals surface area contributed by atoms with Crippen molar-refractivity contribution in [3.05, 3.63) is 70.5 Å². The molecule has 2 N–H and O–H groups in total. The van der Waals surface area contributed by atoms with Crippen LogP contribution in [0.3, 0.4) is 0 Å². The molecule has 4 rings (SSSR count). The number of carbonyl (C=O) groups excluding carboxylic acids is 1. The maximum atomic E-state index is 12.2. The van der Waals surface area contributed by atoms with Gasteiger partial charge in [0.25, 0.3) is 0 Å². The average Bonchev–Trinajstić information content (AvgIpc) is 3.55. The molecule has 0 radical (unpaired) electrons. The Morgan fingerprint density at radius 2 is 1.83 bits per heavy atom. The first kappa shape index (κ1) is 20.2. The molecular weight excluding hydrogens is 404 g/mol. The molecule has 3 aromatic rings. The van der Waals surface area contributed by atoms with Crippen molar-refractivity contribution in [1.82, 2.24) is 19.8 Å². The molecule has 0 atom stereocenters. The van der Waals surface area contributed by atoms with Gasteiger partial charge >= 0.3 is 0 Å². The predicted molar refractivity (Wildman–Crippen MR) is 112 cm³/mol. The van der Waals surface area contributed by atoms with E-state index in [0.29, 0.717) is 24.0 Å². The van der Waals surface area contributed by atoms with E-state index in [1.165, 1.54) is 6.20 Å². The van der Waals surface area contributed by atoms with Gasteiger partial charge in [0.05, 0.1) is 23.2 Å². The largest absolute Gasteiger partial charge is 0.352 e. The van der Waals surface area contributed by atoms with Crippen LogP contribution in [0, 0.1) is 0 Å². The number of hydrogen-bond donors (Lipinski definition) is 2. The minimum Gasteiger partial charge on any atom is -0.352 e. The minimum absolute atomic E-state index is 0.0586. The second-order valence-electron chi connectivity index (χ2n) is 7.32. The van der Waals surface area contributed by atoms with E-state index in [0.717, 1.165) is 18.4 Å². The fourth-order valence-electron chi connectivity index (χ4n) is 3.11. The molecule has 1 aliphatic carbocycles. The van der Waals surface area contributed by atoms with Crippen LogP contribution in [0.2, 0.25) is 0 Å². The maximum absolute atomic E-state index is 12.2. The highest BCUT2D eigenvalue weighted by Crippen LogP contribution is 2.22. The topological polar surface area (TPSA) is 110 Å². The Bertz CT molecular complexity index is 1230. The fraction of sp³-hybridized carbons (Fsp3) is 0.286. The van der Waals surface area contributed by atoms with Crippen molar-refractivity contribution in [2.24, 2.45) is 0 Å². The lowest BCUT2D eigenvalue weighted by atomic mass is 10.2. The lowest BCUT2D eigenvalue weighted by molar-refractivity contribution is -0.121. The third kappa shape index (κ3) is 4.74. The fourth-order valence-corrected chi connectivity index (χ4v) is 4.42. The zero-order valence-corrected chi connectivity index (χ0v) is 17.1. The summed E-state index contributed by atoms with van der Waals surface area (Å²) in [5.74, 6) is -0.160. The molecule has 1 saturated carbocycles. The van der Waals surface area contributed by atoms with Gasteiger partial charge in [-0.15, -0.1) is 0 Å². The molecular formula is C21H22N4O4S. The number of rotatable bonds is 8. The van der Waals surface area contributed by atoms with Crippen molar-refractivity contribution >= 4 is 26.8 Å². The zero-order chi connectivity index (χ0) is 21.1. The van der Waals surface area contributed by atoms with E-state index in [9.17, 15) is 18.0 Å². The van der Waals surface area contributed by atoms with Gasteiger partial charge in [-0.25, -0.2) is 13.1 Å². The molecule has 9 heteroatoms. The number of aryl methyl sites for hydroxylation is 1. The molecule has 156 valence electrons. The van der Waals surface area contributed by atoms with Crippen LogP contribution >= 0.6 is 0 Å². The van der Waals surface area contributed by atoms with Crippen LogP contribution in [0.4, 0.5) is 0 Å². The summed E-state index contributed by atoms with van der Waals surface area (Å²) in [6.45, 7) is 0.643. The highest BCUT2D eigenvalue weighted by atomic mass is 32.2. The number of benzene rings is 2. The summed E-state index contributed by atoms with van der Waals surface area (Å²) in [6.07, 6.45) is 3.23. The molecule has 2 aromatic carbocycles. The Morgan fingerprint density at radius 3 is 2.57 bits per heavy atom. The van der Waals surface area contributed by atoms with E-state index in [1.807, 2.05) is 6.07 Å². The molecule has 0 bridgehead atoms. The Balaban J connectivity index is 1.32. The molecule has 1 heterocycles. The summed E-state index contributed by atoms with van der Waals surface area (Å²) in [4.78, 5) is 24.3. The summed E-state index contributed by atoms with van der Waals surface area (Å²) >= 11 is 0. The van der Waals surface area contributed by atoms with E-state index in [-0.39, 0.29) is 28.7 Å². The van der Waals surface area contributed by atoms with Gasteiger partial charge in [0.15, 0.2) is 0 Å². The van der Waals surface area contributed by atoms with Crippen molar-refractivity contribution < 1.29 is 13.2 Å². The number of carbonyl (C=O) groups is 1. The molecule has 0 saturated heterocycles. The number of amides is 1. The van der Waals surface area contributed by atoms with Crippen molar-refractivity contribution in [3.8, 4) is 0 Å². The Kier molecular flexibility index (Phi) is 5.65. The van der Waals surface area contributed by atoms with E-state index >= 15 is 0 Å². The van der Waals surface area contributed by atoms with Gasteiger partial charge in [-0.3, -0.25) is 14.3 Å². The van der Waals surface area contributed by atoms with Gasteiger partial charge in [0, 0.05) is 24.4 Å². The Morgan fingerprint density at radius 1 is 1.10 bits per heavy atom. The van der Waals surface area contributed by atoms with Crippen LogP contribution < -0.4 is 15.5 Å². The van der Waals surface area contributed by atoms with Gasteiger partial charge in [0.2, 0.25) is 21.4 Å². The van der Waals surface area contributed by atoms with Gasteiger partial charge in [-0.1, -0.05) is 24.3 Å². The number of hydrogen-bond acceptors (Lipinski definition) is 5. The summed E-state index contributed by atoms with van der Waals surface area (Å²) in [5.41, 5.74) is 1.35. The third-order valence-corrected chi connectivity index (χ3v) is 6.47. The molecule has 1 aromatic heterocycles. The van der Waals surface area contributed by atoms with Crippen molar-refractivity contribution in [1.29, 1.82) is 0 Å². The van der Waals surface area contributed by atoms with Crippen LogP contribution in [0.5, 0.6) is 0 Å². The van der Waals surface area contributed by atoms with Gasteiger partial charge in [-0.2, -0.15) is 5.10 Å². The van der Waals surface area contributed by atoms with Crippen LogP contribution in [-0.4, -0.2) is 30.1 Å². The molecule has 1 amide bonds. The van der Waals surface area contributed by atoms with Crippen molar-refractivity contribution in [3.63, 3.8) is 0 Å². The lowest BCUT2D eigenvalue weighted by Crippen LogP contribution is -2.26. The number of para-hydroxylation sites is 1.